The maximum atomic E-state index is 13.7. The molecule has 0 spiro atoms. The molecule has 0 atom stereocenters. The number of hydrogen-bond acceptors (Lipinski definition) is 3. The second-order valence-electron chi connectivity index (χ2n) is 4.94. The summed E-state index contributed by atoms with van der Waals surface area (Å²) in [5.74, 6) is -2.44. The van der Waals surface area contributed by atoms with Crippen molar-refractivity contribution in [3.05, 3.63) is 69.2 Å². The molecule has 0 saturated carbocycles. The summed E-state index contributed by atoms with van der Waals surface area (Å²) < 4.78 is 50.2. The normalized spacial score (nSPS) is 11.5. The highest BCUT2D eigenvalue weighted by Gasteiger charge is 2.18. The summed E-state index contributed by atoms with van der Waals surface area (Å²) in [5.41, 5.74) is 0.448. The predicted molar refractivity (Wildman–Crippen MR) is 87.1 cm³/mol. The van der Waals surface area contributed by atoms with Crippen molar-refractivity contribution in [2.24, 2.45) is 0 Å². The highest BCUT2D eigenvalue weighted by molar-refractivity contribution is 9.10. The molecule has 0 unspecified atom stereocenters. The standard InChI is InChI=1S/C16H13BrF2O3S/c1-2-23(21,22)9-10-3-5-12(14(17)7-10)16(20)13-6-4-11(18)8-15(13)19/h3-8H,2,9H2,1H3. The maximum absolute atomic E-state index is 13.7. The van der Waals surface area contributed by atoms with E-state index in [0.29, 0.717) is 16.1 Å². The van der Waals surface area contributed by atoms with E-state index in [1.54, 1.807) is 6.92 Å². The van der Waals surface area contributed by atoms with Gasteiger partial charge in [-0.2, -0.15) is 0 Å². The Morgan fingerprint density at radius 1 is 1.09 bits per heavy atom. The molecule has 2 aromatic rings. The van der Waals surface area contributed by atoms with E-state index < -0.39 is 27.3 Å². The number of benzene rings is 2. The number of sulfone groups is 1. The van der Waals surface area contributed by atoms with E-state index in [2.05, 4.69) is 15.9 Å². The molecule has 0 aliphatic rings. The predicted octanol–water partition coefficient (Wildman–Crippen LogP) is 3.89. The van der Waals surface area contributed by atoms with Crippen LogP contribution in [0.25, 0.3) is 0 Å². The van der Waals surface area contributed by atoms with E-state index >= 15 is 0 Å². The van der Waals surface area contributed by atoms with Crippen LogP contribution >= 0.6 is 15.9 Å². The summed E-state index contributed by atoms with van der Waals surface area (Å²) in [5, 5.41) is 0. The summed E-state index contributed by atoms with van der Waals surface area (Å²) >= 11 is 3.20. The first-order chi connectivity index (χ1) is 10.7. The van der Waals surface area contributed by atoms with Crippen LogP contribution in [0.3, 0.4) is 0 Å². The zero-order chi connectivity index (χ0) is 17.2. The zero-order valence-corrected chi connectivity index (χ0v) is 14.5. The molecule has 3 nitrogen and oxygen atoms in total. The monoisotopic (exact) mass is 402 g/mol. The Hall–Kier alpha value is -1.60. The van der Waals surface area contributed by atoms with Crippen molar-refractivity contribution in [1.82, 2.24) is 0 Å². The third-order valence-corrected chi connectivity index (χ3v) is 5.59. The summed E-state index contributed by atoms with van der Waals surface area (Å²) in [4.78, 5) is 12.3. The van der Waals surface area contributed by atoms with Gasteiger partial charge in [-0.25, -0.2) is 17.2 Å². The average Bonchev–Trinajstić information content (AvgIpc) is 2.46. The van der Waals surface area contributed by atoms with E-state index in [-0.39, 0.29) is 22.6 Å². The minimum Gasteiger partial charge on any atom is -0.288 e. The Labute approximate surface area is 141 Å². The molecule has 2 rings (SSSR count). The third kappa shape index (κ3) is 4.23. The first-order valence-corrected chi connectivity index (χ1v) is 9.33. The van der Waals surface area contributed by atoms with E-state index in [9.17, 15) is 22.0 Å². The number of rotatable bonds is 5. The lowest BCUT2D eigenvalue weighted by molar-refractivity contribution is 0.103. The second kappa shape index (κ2) is 6.88. The van der Waals surface area contributed by atoms with Crippen LogP contribution in [0, 0.1) is 11.6 Å². The number of carbonyl (C=O) groups is 1. The van der Waals surface area contributed by atoms with Crippen LogP contribution in [-0.4, -0.2) is 20.0 Å². The highest BCUT2D eigenvalue weighted by atomic mass is 79.9. The van der Waals surface area contributed by atoms with Crippen molar-refractivity contribution in [3.8, 4) is 0 Å². The van der Waals surface area contributed by atoms with Gasteiger partial charge in [0.1, 0.15) is 11.6 Å². The van der Waals surface area contributed by atoms with Crippen LogP contribution < -0.4 is 0 Å². The smallest absolute Gasteiger partial charge is 0.197 e. The Morgan fingerprint density at radius 3 is 2.30 bits per heavy atom. The molecule has 0 fully saturated rings. The van der Waals surface area contributed by atoms with Gasteiger partial charge in [-0.3, -0.25) is 4.79 Å². The molecule has 0 amide bonds. The van der Waals surface area contributed by atoms with Crippen molar-refractivity contribution in [2.75, 3.05) is 5.75 Å². The second-order valence-corrected chi connectivity index (χ2v) is 8.15. The Balaban J connectivity index is 2.35. The van der Waals surface area contributed by atoms with Gasteiger partial charge in [0.05, 0.1) is 11.3 Å². The van der Waals surface area contributed by atoms with Crippen molar-refractivity contribution < 1.29 is 22.0 Å². The molecule has 0 bridgehead atoms. The zero-order valence-electron chi connectivity index (χ0n) is 12.1. The minimum absolute atomic E-state index is 0.0199. The summed E-state index contributed by atoms with van der Waals surface area (Å²) in [7, 11) is -3.19. The van der Waals surface area contributed by atoms with Gasteiger partial charge in [0.25, 0.3) is 0 Å². The lowest BCUT2D eigenvalue weighted by atomic mass is 10.0. The largest absolute Gasteiger partial charge is 0.288 e. The van der Waals surface area contributed by atoms with Gasteiger partial charge in [0, 0.05) is 21.9 Å². The van der Waals surface area contributed by atoms with Crippen LogP contribution in [0.4, 0.5) is 8.78 Å². The van der Waals surface area contributed by atoms with E-state index in [1.807, 2.05) is 0 Å². The quantitative estimate of drug-likeness (QED) is 0.712. The van der Waals surface area contributed by atoms with Crippen LogP contribution in [-0.2, 0) is 15.6 Å². The number of carbonyl (C=O) groups excluding carboxylic acids is 1. The summed E-state index contributed by atoms with van der Waals surface area (Å²) in [6.07, 6.45) is 0. The van der Waals surface area contributed by atoms with Gasteiger partial charge in [-0.05, 0) is 29.8 Å². The van der Waals surface area contributed by atoms with Gasteiger partial charge in [-0.15, -0.1) is 0 Å². The number of halogens is 3. The first kappa shape index (κ1) is 17.7. The van der Waals surface area contributed by atoms with Gasteiger partial charge < -0.3 is 0 Å². The average molecular weight is 403 g/mol. The van der Waals surface area contributed by atoms with Crippen molar-refractivity contribution >= 4 is 31.6 Å². The van der Waals surface area contributed by atoms with Crippen LogP contribution in [0.2, 0.25) is 0 Å². The Bertz CT molecular complexity index is 864. The fourth-order valence-electron chi connectivity index (χ4n) is 2.01. The lowest BCUT2D eigenvalue weighted by Gasteiger charge is -2.08. The fourth-order valence-corrected chi connectivity index (χ4v) is 3.51. The van der Waals surface area contributed by atoms with E-state index in [1.165, 1.54) is 18.2 Å². The SMILES string of the molecule is CCS(=O)(=O)Cc1ccc(C(=O)c2ccc(F)cc2F)c(Br)c1. The highest BCUT2D eigenvalue weighted by Crippen LogP contribution is 2.24. The topological polar surface area (TPSA) is 51.2 Å². The third-order valence-electron chi connectivity index (χ3n) is 3.28. The number of ketones is 1. The molecule has 122 valence electrons. The fraction of sp³-hybridized carbons (Fsp3) is 0.188. The van der Waals surface area contributed by atoms with Crippen molar-refractivity contribution in [3.63, 3.8) is 0 Å². The molecule has 23 heavy (non-hydrogen) atoms. The Kier molecular flexibility index (Phi) is 5.31. The molecule has 2 aromatic carbocycles. The molecule has 0 aliphatic heterocycles. The molecule has 7 heteroatoms. The number of hydrogen-bond donors (Lipinski definition) is 0. The van der Waals surface area contributed by atoms with Crippen LogP contribution in [0.5, 0.6) is 0 Å². The summed E-state index contributed by atoms with van der Waals surface area (Å²) in [6.45, 7) is 1.56. The Morgan fingerprint density at radius 2 is 1.74 bits per heavy atom. The maximum Gasteiger partial charge on any atom is 0.197 e. The summed E-state index contributed by atoms with van der Waals surface area (Å²) in [6, 6.07) is 7.18. The molecular weight excluding hydrogens is 390 g/mol. The minimum atomic E-state index is -3.19. The van der Waals surface area contributed by atoms with Crippen molar-refractivity contribution in [2.45, 2.75) is 12.7 Å². The molecule has 0 aromatic heterocycles. The molecular formula is C16H13BrF2O3S. The molecule has 0 aliphatic carbocycles. The molecule has 0 heterocycles. The van der Waals surface area contributed by atoms with E-state index in [0.717, 1.165) is 12.1 Å². The first-order valence-electron chi connectivity index (χ1n) is 6.72. The molecule has 0 saturated heterocycles. The van der Waals surface area contributed by atoms with Crippen molar-refractivity contribution in [1.29, 1.82) is 0 Å². The van der Waals surface area contributed by atoms with E-state index in [4.69, 9.17) is 0 Å². The van der Waals surface area contributed by atoms with Crippen LogP contribution in [0.15, 0.2) is 40.9 Å². The van der Waals surface area contributed by atoms with Gasteiger partial charge in [0.15, 0.2) is 15.6 Å². The van der Waals surface area contributed by atoms with Crippen LogP contribution in [0.1, 0.15) is 28.4 Å². The van der Waals surface area contributed by atoms with Gasteiger partial charge in [0.2, 0.25) is 0 Å². The molecule has 0 radical (unpaired) electrons. The molecule has 0 N–H and O–H groups in total. The lowest BCUT2D eigenvalue weighted by Crippen LogP contribution is -2.08. The van der Waals surface area contributed by atoms with Gasteiger partial charge in [-0.1, -0.05) is 28.9 Å². The van der Waals surface area contributed by atoms with Gasteiger partial charge >= 0.3 is 0 Å².